The molecule has 0 unspecified atom stereocenters. The zero-order valence-corrected chi connectivity index (χ0v) is 16.8. The molecule has 2 aliphatic rings. The predicted molar refractivity (Wildman–Crippen MR) is 109 cm³/mol. The fraction of sp³-hybridized carbons (Fsp3) is 0.565. The van der Waals surface area contributed by atoms with Crippen molar-refractivity contribution in [1.29, 1.82) is 0 Å². The smallest absolute Gasteiger partial charge is 0.233 e. The number of ether oxygens (including phenoxy) is 1. The van der Waals surface area contributed by atoms with Crippen LogP contribution in [0.1, 0.15) is 55.8 Å². The molecule has 5 nitrogen and oxygen atoms in total. The minimum Gasteiger partial charge on any atom is -0.383 e. The van der Waals surface area contributed by atoms with Crippen LogP contribution in [0.25, 0.3) is 0 Å². The summed E-state index contributed by atoms with van der Waals surface area (Å²) in [6, 6.07) is 10.4. The minimum absolute atomic E-state index is 0.304. The van der Waals surface area contributed by atoms with Gasteiger partial charge in [-0.05, 0) is 31.2 Å². The molecule has 0 N–H and O–H groups in total. The zero-order chi connectivity index (χ0) is 19.4. The van der Waals surface area contributed by atoms with Gasteiger partial charge in [0.15, 0.2) is 0 Å². The van der Waals surface area contributed by atoms with Gasteiger partial charge in [0.1, 0.15) is 5.82 Å². The van der Waals surface area contributed by atoms with E-state index in [-0.39, 0.29) is 5.41 Å². The van der Waals surface area contributed by atoms with Crippen LogP contribution < -0.4 is 0 Å². The Labute approximate surface area is 167 Å². The maximum atomic E-state index is 13.8. The highest BCUT2D eigenvalue weighted by Crippen LogP contribution is 2.43. The van der Waals surface area contributed by atoms with E-state index in [1.807, 2.05) is 18.5 Å². The summed E-state index contributed by atoms with van der Waals surface area (Å²) in [6.45, 7) is 3.13. The number of hydrogen-bond acceptors (Lipinski definition) is 3. The first-order chi connectivity index (χ1) is 13.7. The normalized spacial score (nSPS) is 21.8. The van der Waals surface area contributed by atoms with Crippen molar-refractivity contribution in [1.82, 2.24) is 14.5 Å². The molecule has 5 heteroatoms. The number of benzene rings is 1. The zero-order valence-electron chi connectivity index (χ0n) is 16.8. The summed E-state index contributed by atoms with van der Waals surface area (Å²) >= 11 is 0. The lowest BCUT2D eigenvalue weighted by molar-refractivity contribution is -0.138. The molecule has 1 saturated carbocycles. The highest BCUT2D eigenvalue weighted by Gasteiger charge is 2.45. The number of imidazole rings is 1. The van der Waals surface area contributed by atoms with Gasteiger partial charge in [0.2, 0.25) is 5.91 Å². The first-order valence-corrected chi connectivity index (χ1v) is 10.6. The molecule has 2 fully saturated rings. The Morgan fingerprint density at radius 3 is 2.75 bits per heavy atom. The van der Waals surface area contributed by atoms with Gasteiger partial charge in [-0.1, -0.05) is 43.2 Å². The molecule has 1 amide bonds. The molecule has 1 aliphatic heterocycles. The van der Waals surface area contributed by atoms with E-state index >= 15 is 0 Å². The lowest BCUT2D eigenvalue weighted by Gasteiger charge is -2.39. The van der Waals surface area contributed by atoms with Gasteiger partial charge < -0.3 is 14.2 Å². The number of nitrogens with zero attached hydrogens (tertiary/aromatic N) is 3. The topological polar surface area (TPSA) is 47.4 Å². The third-order valence-electron chi connectivity index (χ3n) is 6.55. The average molecular weight is 382 g/mol. The molecule has 1 aromatic heterocycles. The summed E-state index contributed by atoms with van der Waals surface area (Å²) in [5, 5.41) is 0. The van der Waals surface area contributed by atoms with Crippen LogP contribution in [-0.2, 0) is 21.5 Å². The van der Waals surface area contributed by atoms with Gasteiger partial charge in [-0.3, -0.25) is 4.79 Å². The molecule has 0 spiro atoms. The van der Waals surface area contributed by atoms with E-state index in [4.69, 9.17) is 4.74 Å². The summed E-state index contributed by atoms with van der Waals surface area (Å²) in [5.41, 5.74) is 0.871. The maximum Gasteiger partial charge on any atom is 0.233 e. The van der Waals surface area contributed by atoms with Crippen molar-refractivity contribution in [2.45, 2.75) is 56.4 Å². The maximum absolute atomic E-state index is 13.8. The monoisotopic (exact) mass is 381 g/mol. The van der Waals surface area contributed by atoms with Gasteiger partial charge in [0, 0.05) is 45.1 Å². The SMILES string of the molecule is COCCn1ccnc1[C@H]1CCCN(C(=O)C2(c3ccccc3)CCCC2)C1. The van der Waals surface area contributed by atoms with Gasteiger partial charge in [-0.2, -0.15) is 0 Å². The van der Waals surface area contributed by atoms with E-state index in [2.05, 4.69) is 38.7 Å². The van der Waals surface area contributed by atoms with Gasteiger partial charge in [0.05, 0.1) is 12.0 Å². The van der Waals surface area contributed by atoms with Crippen molar-refractivity contribution in [3.05, 3.63) is 54.1 Å². The fourth-order valence-electron chi connectivity index (χ4n) is 5.10. The van der Waals surface area contributed by atoms with Crippen LogP contribution in [0, 0.1) is 0 Å². The Balaban J connectivity index is 1.54. The predicted octanol–water partition coefficient (Wildman–Crippen LogP) is 3.75. The number of methoxy groups -OCH3 is 1. The summed E-state index contributed by atoms with van der Waals surface area (Å²) in [6.07, 6.45) is 10.2. The van der Waals surface area contributed by atoms with Gasteiger partial charge >= 0.3 is 0 Å². The highest BCUT2D eigenvalue weighted by molar-refractivity contribution is 5.88. The molecule has 28 heavy (non-hydrogen) atoms. The Bertz CT molecular complexity index is 780. The van der Waals surface area contributed by atoms with Gasteiger partial charge in [-0.15, -0.1) is 0 Å². The van der Waals surface area contributed by atoms with E-state index in [0.717, 1.165) is 64.0 Å². The second-order valence-corrected chi connectivity index (χ2v) is 8.22. The molecule has 1 aromatic carbocycles. The van der Waals surface area contributed by atoms with E-state index in [1.54, 1.807) is 7.11 Å². The Morgan fingerprint density at radius 1 is 1.21 bits per heavy atom. The molecule has 2 aromatic rings. The van der Waals surface area contributed by atoms with Gasteiger partial charge in [-0.25, -0.2) is 4.98 Å². The van der Waals surface area contributed by atoms with Crippen molar-refractivity contribution in [2.75, 3.05) is 26.8 Å². The third-order valence-corrected chi connectivity index (χ3v) is 6.55. The van der Waals surface area contributed by atoms with Crippen LogP contribution in [0.15, 0.2) is 42.7 Å². The standard InChI is InChI=1S/C23H31N3O2/c1-28-17-16-25-15-13-24-21(25)19-8-7-14-26(18-19)22(27)23(11-5-6-12-23)20-9-3-2-4-10-20/h2-4,9-10,13,15,19H,5-8,11-12,14,16-18H2,1H3/t19-/m0/s1. The van der Waals surface area contributed by atoms with Crippen LogP contribution >= 0.6 is 0 Å². The second-order valence-electron chi connectivity index (χ2n) is 8.22. The second kappa shape index (κ2) is 8.48. The number of carbonyl (C=O) groups excluding carboxylic acids is 1. The molecule has 1 saturated heterocycles. The van der Waals surface area contributed by atoms with Crippen molar-refractivity contribution in [3.8, 4) is 0 Å². The number of hydrogen-bond donors (Lipinski definition) is 0. The Kier molecular flexibility index (Phi) is 5.81. The molecule has 2 heterocycles. The minimum atomic E-state index is -0.325. The summed E-state index contributed by atoms with van der Waals surface area (Å²) in [5.74, 6) is 1.73. The summed E-state index contributed by atoms with van der Waals surface area (Å²) < 4.78 is 7.42. The molecular formula is C23H31N3O2. The van der Waals surface area contributed by atoms with Crippen LogP contribution in [0.2, 0.25) is 0 Å². The third kappa shape index (κ3) is 3.60. The number of amides is 1. The lowest BCUT2D eigenvalue weighted by Crippen LogP contribution is -2.49. The molecule has 0 radical (unpaired) electrons. The molecule has 4 rings (SSSR count). The molecule has 1 aliphatic carbocycles. The molecule has 0 bridgehead atoms. The van der Waals surface area contributed by atoms with Crippen molar-refractivity contribution >= 4 is 5.91 Å². The van der Waals surface area contributed by atoms with E-state index in [9.17, 15) is 4.79 Å². The largest absolute Gasteiger partial charge is 0.383 e. The highest BCUT2D eigenvalue weighted by atomic mass is 16.5. The van der Waals surface area contributed by atoms with Crippen molar-refractivity contribution in [3.63, 3.8) is 0 Å². The lowest BCUT2D eigenvalue weighted by atomic mass is 9.77. The Morgan fingerprint density at radius 2 is 2.00 bits per heavy atom. The van der Waals surface area contributed by atoms with Crippen molar-refractivity contribution in [2.24, 2.45) is 0 Å². The van der Waals surface area contributed by atoms with Gasteiger partial charge in [0.25, 0.3) is 0 Å². The van der Waals surface area contributed by atoms with E-state index in [1.165, 1.54) is 5.56 Å². The first kappa shape index (κ1) is 19.2. The molecule has 150 valence electrons. The molecular weight excluding hydrogens is 350 g/mol. The van der Waals surface area contributed by atoms with Crippen LogP contribution in [-0.4, -0.2) is 47.2 Å². The van der Waals surface area contributed by atoms with Crippen LogP contribution in [0.3, 0.4) is 0 Å². The fourth-order valence-corrected chi connectivity index (χ4v) is 5.10. The van der Waals surface area contributed by atoms with Crippen molar-refractivity contribution < 1.29 is 9.53 Å². The number of carbonyl (C=O) groups is 1. The van der Waals surface area contributed by atoms with Crippen LogP contribution in [0.4, 0.5) is 0 Å². The number of aromatic nitrogens is 2. The number of rotatable bonds is 6. The average Bonchev–Trinajstić information content (AvgIpc) is 3.43. The first-order valence-electron chi connectivity index (χ1n) is 10.6. The summed E-state index contributed by atoms with van der Waals surface area (Å²) in [4.78, 5) is 20.5. The summed E-state index contributed by atoms with van der Waals surface area (Å²) in [7, 11) is 1.72. The quantitative estimate of drug-likeness (QED) is 0.766. The van der Waals surface area contributed by atoms with E-state index in [0.29, 0.717) is 18.4 Å². The number of likely N-dealkylation sites (tertiary alicyclic amines) is 1. The number of piperidine rings is 1. The Hall–Kier alpha value is -2.14. The van der Waals surface area contributed by atoms with E-state index < -0.39 is 0 Å². The molecule has 1 atom stereocenters. The van der Waals surface area contributed by atoms with Crippen LogP contribution in [0.5, 0.6) is 0 Å².